The molecule has 0 bridgehead atoms. The lowest BCUT2D eigenvalue weighted by atomic mass is 10.3. The standard InChI is InChI=1S/C16H15F3N2O2/c1-9(2)23-11-5-3-10(4-6-11)20-16(22)21-13-8-7-12(17)14(18)15(13)19/h3-9H,1-2H3,(H2,20,21,22). The van der Waals surface area contributed by atoms with Gasteiger partial charge in [0.2, 0.25) is 0 Å². The van der Waals surface area contributed by atoms with Gasteiger partial charge in [0.15, 0.2) is 17.5 Å². The molecule has 0 atom stereocenters. The van der Waals surface area contributed by atoms with E-state index >= 15 is 0 Å². The minimum Gasteiger partial charge on any atom is -0.491 e. The first-order valence-corrected chi connectivity index (χ1v) is 6.85. The van der Waals surface area contributed by atoms with Crippen LogP contribution < -0.4 is 15.4 Å². The van der Waals surface area contributed by atoms with Crippen LogP contribution in [0.25, 0.3) is 0 Å². The molecule has 0 aromatic heterocycles. The molecule has 4 nitrogen and oxygen atoms in total. The average molecular weight is 324 g/mol. The van der Waals surface area contributed by atoms with Crippen LogP contribution in [0.15, 0.2) is 36.4 Å². The number of anilines is 2. The van der Waals surface area contributed by atoms with Crippen LogP contribution in [0.4, 0.5) is 29.3 Å². The van der Waals surface area contributed by atoms with Crippen molar-refractivity contribution in [3.63, 3.8) is 0 Å². The molecule has 2 aromatic rings. The number of halogens is 3. The Kier molecular flexibility index (Phi) is 5.10. The lowest BCUT2D eigenvalue weighted by Crippen LogP contribution is -2.20. The zero-order valence-electron chi connectivity index (χ0n) is 12.5. The number of nitrogens with one attached hydrogen (secondary N) is 2. The number of benzene rings is 2. The summed E-state index contributed by atoms with van der Waals surface area (Å²) in [5.74, 6) is -3.79. The minimum atomic E-state index is -1.64. The molecule has 122 valence electrons. The Morgan fingerprint density at radius 3 is 2.22 bits per heavy atom. The topological polar surface area (TPSA) is 50.4 Å². The van der Waals surface area contributed by atoms with Crippen molar-refractivity contribution in [2.45, 2.75) is 20.0 Å². The second-order valence-corrected chi connectivity index (χ2v) is 4.99. The molecule has 2 N–H and O–H groups in total. The van der Waals surface area contributed by atoms with Crippen molar-refractivity contribution in [1.82, 2.24) is 0 Å². The Hall–Kier alpha value is -2.70. The van der Waals surface area contributed by atoms with E-state index in [1.54, 1.807) is 24.3 Å². The first-order valence-electron chi connectivity index (χ1n) is 6.85. The third-order valence-corrected chi connectivity index (χ3v) is 2.77. The van der Waals surface area contributed by atoms with Gasteiger partial charge in [0.25, 0.3) is 0 Å². The Morgan fingerprint density at radius 2 is 1.61 bits per heavy atom. The second kappa shape index (κ2) is 7.04. The molecule has 2 amide bonds. The van der Waals surface area contributed by atoms with Gasteiger partial charge in [0, 0.05) is 5.69 Å². The first-order chi connectivity index (χ1) is 10.9. The Balaban J connectivity index is 2.01. The monoisotopic (exact) mass is 324 g/mol. The van der Waals surface area contributed by atoms with Gasteiger partial charge in [-0.25, -0.2) is 18.0 Å². The van der Waals surface area contributed by atoms with Crippen molar-refractivity contribution >= 4 is 17.4 Å². The lowest BCUT2D eigenvalue weighted by Gasteiger charge is -2.11. The summed E-state index contributed by atoms with van der Waals surface area (Å²) in [5, 5.41) is 4.55. The van der Waals surface area contributed by atoms with Gasteiger partial charge in [-0.2, -0.15) is 0 Å². The summed E-state index contributed by atoms with van der Waals surface area (Å²) in [6.07, 6.45) is 0.0217. The molecule has 0 aliphatic rings. The summed E-state index contributed by atoms with van der Waals surface area (Å²) >= 11 is 0. The van der Waals surface area contributed by atoms with Gasteiger partial charge in [-0.1, -0.05) is 0 Å². The summed E-state index contributed by atoms with van der Waals surface area (Å²) in [5.41, 5.74) is -0.0252. The van der Waals surface area contributed by atoms with E-state index in [4.69, 9.17) is 4.74 Å². The van der Waals surface area contributed by atoms with Crippen molar-refractivity contribution in [1.29, 1.82) is 0 Å². The van der Waals surface area contributed by atoms with E-state index in [2.05, 4.69) is 10.6 Å². The predicted molar refractivity (Wildman–Crippen MR) is 81.2 cm³/mol. The van der Waals surface area contributed by atoms with Crippen LogP contribution in [0, 0.1) is 17.5 Å². The third-order valence-electron chi connectivity index (χ3n) is 2.77. The molecule has 0 aliphatic carbocycles. The number of ether oxygens (including phenoxy) is 1. The molecular weight excluding hydrogens is 309 g/mol. The first kappa shape index (κ1) is 16.7. The van der Waals surface area contributed by atoms with Crippen LogP contribution in [0.3, 0.4) is 0 Å². The summed E-state index contributed by atoms with van der Waals surface area (Å²) in [4.78, 5) is 11.8. The van der Waals surface area contributed by atoms with Crippen molar-refractivity contribution in [3.8, 4) is 5.75 Å². The third kappa shape index (κ3) is 4.38. The Bertz CT molecular complexity index is 703. The number of hydrogen-bond acceptors (Lipinski definition) is 2. The molecule has 23 heavy (non-hydrogen) atoms. The fraction of sp³-hybridized carbons (Fsp3) is 0.188. The molecule has 2 aromatic carbocycles. The zero-order valence-corrected chi connectivity index (χ0v) is 12.5. The van der Waals surface area contributed by atoms with Gasteiger partial charge in [0.1, 0.15) is 5.75 Å². The molecule has 0 radical (unpaired) electrons. The van der Waals surface area contributed by atoms with Crippen LogP contribution in [-0.2, 0) is 0 Å². The quantitative estimate of drug-likeness (QED) is 0.812. The van der Waals surface area contributed by atoms with Crippen molar-refractivity contribution in [2.24, 2.45) is 0 Å². The Labute approximate surface area is 131 Å². The molecule has 0 fully saturated rings. The average Bonchev–Trinajstić information content (AvgIpc) is 2.49. The smallest absolute Gasteiger partial charge is 0.323 e. The SMILES string of the molecule is CC(C)Oc1ccc(NC(=O)Nc2ccc(F)c(F)c2F)cc1. The largest absolute Gasteiger partial charge is 0.491 e. The summed E-state index contributed by atoms with van der Waals surface area (Å²) in [7, 11) is 0. The van der Waals surface area contributed by atoms with Gasteiger partial charge in [0.05, 0.1) is 11.8 Å². The molecule has 0 heterocycles. The van der Waals surface area contributed by atoms with E-state index in [-0.39, 0.29) is 6.10 Å². The van der Waals surface area contributed by atoms with Crippen molar-refractivity contribution < 1.29 is 22.7 Å². The minimum absolute atomic E-state index is 0.0217. The molecule has 0 saturated carbocycles. The molecule has 0 saturated heterocycles. The van der Waals surface area contributed by atoms with Crippen LogP contribution in [-0.4, -0.2) is 12.1 Å². The predicted octanol–water partition coefficient (Wildman–Crippen LogP) is 4.54. The number of carbonyl (C=O) groups is 1. The highest BCUT2D eigenvalue weighted by Gasteiger charge is 2.15. The highest BCUT2D eigenvalue weighted by atomic mass is 19.2. The molecule has 0 spiro atoms. The highest BCUT2D eigenvalue weighted by Crippen LogP contribution is 2.20. The van der Waals surface area contributed by atoms with Gasteiger partial charge >= 0.3 is 6.03 Å². The van der Waals surface area contributed by atoms with Crippen molar-refractivity contribution in [3.05, 3.63) is 53.8 Å². The number of rotatable bonds is 4. The van der Waals surface area contributed by atoms with E-state index in [9.17, 15) is 18.0 Å². The van der Waals surface area contributed by atoms with Crippen LogP contribution in [0.1, 0.15) is 13.8 Å². The molecule has 7 heteroatoms. The molecule has 0 aliphatic heterocycles. The van der Waals surface area contributed by atoms with E-state index in [1.165, 1.54) is 0 Å². The summed E-state index contributed by atoms with van der Waals surface area (Å²) < 4.78 is 44.8. The van der Waals surface area contributed by atoms with Crippen LogP contribution >= 0.6 is 0 Å². The second-order valence-electron chi connectivity index (χ2n) is 4.99. The lowest BCUT2D eigenvalue weighted by molar-refractivity contribution is 0.242. The zero-order chi connectivity index (χ0) is 17.0. The van der Waals surface area contributed by atoms with Gasteiger partial charge in [-0.05, 0) is 50.2 Å². The maximum absolute atomic E-state index is 13.5. The van der Waals surface area contributed by atoms with E-state index in [0.29, 0.717) is 11.4 Å². The van der Waals surface area contributed by atoms with Gasteiger partial charge < -0.3 is 15.4 Å². The Morgan fingerprint density at radius 1 is 0.957 bits per heavy atom. The molecule has 0 unspecified atom stereocenters. The number of urea groups is 1. The number of amides is 2. The summed E-state index contributed by atoms with van der Waals surface area (Å²) in [6, 6.07) is 7.39. The maximum Gasteiger partial charge on any atom is 0.323 e. The van der Waals surface area contributed by atoms with E-state index < -0.39 is 29.2 Å². The number of hydrogen-bond donors (Lipinski definition) is 2. The molecular formula is C16H15F3N2O2. The van der Waals surface area contributed by atoms with E-state index in [0.717, 1.165) is 12.1 Å². The van der Waals surface area contributed by atoms with E-state index in [1.807, 2.05) is 13.8 Å². The normalized spacial score (nSPS) is 10.5. The van der Waals surface area contributed by atoms with Crippen LogP contribution in [0.2, 0.25) is 0 Å². The fourth-order valence-corrected chi connectivity index (χ4v) is 1.80. The van der Waals surface area contributed by atoms with Gasteiger partial charge in [-0.15, -0.1) is 0 Å². The summed E-state index contributed by atoms with van der Waals surface area (Å²) in [6.45, 7) is 3.77. The van der Waals surface area contributed by atoms with Crippen LogP contribution in [0.5, 0.6) is 5.75 Å². The van der Waals surface area contributed by atoms with Gasteiger partial charge in [-0.3, -0.25) is 0 Å². The highest BCUT2D eigenvalue weighted by molar-refractivity contribution is 5.99. The number of carbonyl (C=O) groups excluding carboxylic acids is 1. The fourth-order valence-electron chi connectivity index (χ4n) is 1.80. The molecule has 2 rings (SSSR count). The maximum atomic E-state index is 13.5. The van der Waals surface area contributed by atoms with Crippen molar-refractivity contribution in [2.75, 3.05) is 10.6 Å².